The first-order valence-electron chi connectivity index (χ1n) is 6.64. The first-order chi connectivity index (χ1) is 8.61. The number of carbonyl (C=O) groups excluding carboxylic acids is 2. The summed E-state index contributed by atoms with van der Waals surface area (Å²) < 4.78 is 0. The fourth-order valence-corrected chi connectivity index (χ4v) is 2.21. The molecule has 4 N–H and O–H groups in total. The van der Waals surface area contributed by atoms with Crippen LogP contribution in [0, 0.1) is 5.92 Å². The van der Waals surface area contributed by atoms with Gasteiger partial charge in [-0.2, -0.15) is 0 Å². The molecule has 1 aliphatic heterocycles. The maximum absolute atomic E-state index is 11.3. The van der Waals surface area contributed by atoms with Gasteiger partial charge in [-0.1, -0.05) is 6.92 Å². The van der Waals surface area contributed by atoms with Gasteiger partial charge >= 0.3 is 6.03 Å². The molecule has 0 bridgehead atoms. The molecule has 0 unspecified atom stereocenters. The summed E-state index contributed by atoms with van der Waals surface area (Å²) in [6.07, 6.45) is 3.35. The summed E-state index contributed by atoms with van der Waals surface area (Å²) in [5, 5.41) is 5.52. The van der Waals surface area contributed by atoms with Crippen molar-refractivity contribution in [2.24, 2.45) is 11.7 Å². The van der Waals surface area contributed by atoms with E-state index in [9.17, 15) is 9.59 Å². The number of primary amides is 1. The molecular weight excluding hydrogens is 232 g/mol. The summed E-state index contributed by atoms with van der Waals surface area (Å²) >= 11 is 0. The zero-order valence-corrected chi connectivity index (χ0v) is 11.1. The number of urea groups is 1. The van der Waals surface area contributed by atoms with Crippen molar-refractivity contribution < 1.29 is 9.59 Å². The van der Waals surface area contributed by atoms with Crippen LogP contribution in [0.2, 0.25) is 0 Å². The second-order valence-corrected chi connectivity index (χ2v) is 4.84. The van der Waals surface area contributed by atoms with Crippen molar-refractivity contribution in [3.05, 3.63) is 0 Å². The van der Waals surface area contributed by atoms with Crippen LogP contribution in [0.4, 0.5) is 4.79 Å². The molecule has 6 nitrogen and oxygen atoms in total. The molecule has 6 heteroatoms. The minimum absolute atomic E-state index is 0.262. The summed E-state index contributed by atoms with van der Waals surface area (Å²) in [5.74, 6) is 0.386. The first kappa shape index (κ1) is 14.9. The van der Waals surface area contributed by atoms with Crippen molar-refractivity contribution in [3.8, 4) is 0 Å². The van der Waals surface area contributed by atoms with Crippen LogP contribution in [0.25, 0.3) is 0 Å². The summed E-state index contributed by atoms with van der Waals surface area (Å²) in [4.78, 5) is 23.9. The van der Waals surface area contributed by atoms with Crippen LogP contribution in [0.3, 0.4) is 0 Å². The molecular formula is C12H24N4O2. The molecule has 0 spiro atoms. The standard InChI is InChI=1S/C12H24N4O2/c1-2-5-14-8-10-3-6-16(7-4-10)9-11(17)15-12(13)18/h10,14H,2-9H2,1H3,(H3,13,15,17,18). The van der Waals surface area contributed by atoms with E-state index in [2.05, 4.69) is 22.5 Å². The van der Waals surface area contributed by atoms with E-state index in [1.54, 1.807) is 0 Å². The van der Waals surface area contributed by atoms with Crippen molar-refractivity contribution in [2.45, 2.75) is 26.2 Å². The Kier molecular flexibility index (Phi) is 6.67. The molecule has 1 saturated heterocycles. The first-order valence-corrected chi connectivity index (χ1v) is 6.64. The van der Waals surface area contributed by atoms with Crippen LogP contribution >= 0.6 is 0 Å². The van der Waals surface area contributed by atoms with Gasteiger partial charge in [0.25, 0.3) is 0 Å². The van der Waals surface area contributed by atoms with E-state index in [1.165, 1.54) is 0 Å². The van der Waals surface area contributed by atoms with Crippen molar-refractivity contribution in [1.82, 2.24) is 15.5 Å². The number of carbonyl (C=O) groups is 2. The average molecular weight is 256 g/mol. The van der Waals surface area contributed by atoms with Crippen molar-refractivity contribution in [2.75, 3.05) is 32.7 Å². The van der Waals surface area contributed by atoms with Crippen LogP contribution < -0.4 is 16.4 Å². The number of rotatable bonds is 6. The zero-order valence-electron chi connectivity index (χ0n) is 11.1. The van der Waals surface area contributed by atoms with E-state index in [0.29, 0.717) is 5.92 Å². The fourth-order valence-electron chi connectivity index (χ4n) is 2.21. The quantitative estimate of drug-likeness (QED) is 0.579. The number of hydrogen-bond acceptors (Lipinski definition) is 4. The number of likely N-dealkylation sites (tertiary alicyclic amines) is 1. The van der Waals surface area contributed by atoms with Gasteiger partial charge < -0.3 is 11.1 Å². The van der Waals surface area contributed by atoms with Crippen LogP contribution in [-0.4, -0.2) is 49.6 Å². The molecule has 0 aromatic rings. The summed E-state index contributed by atoms with van der Waals surface area (Å²) in [6, 6.07) is -0.779. The van der Waals surface area contributed by atoms with E-state index in [0.717, 1.165) is 45.4 Å². The minimum atomic E-state index is -0.779. The largest absolute Gasteiger partial charge is 0.351 e. The second-order valence-electron chi connectivity index (χ2n) is 4.84. The lowest BCUT2D eigenvalue weighted by Gasteiger charge is -2.31. The third-order valence-electron chi connectivity index (χ3n) is 3.20. The van der Waals surface area contributed by atoms with Crippen molar-refractivity contribution >= 4 is 11.9 Å². The summed E-state index contributed by atoms with van der Waals surface area (Å²) in [6.45, 7) is 6.37. The van der Waals surface area contributed by atoms with Gasteiger partial charge in [-0.3, -0.25) is 15.0 Å². The van der Waals surface area contributed by atoms with E-state index in [-0.39, 0.29) is 12.5 Å². The SMILES string of the molecule is CCCNCC1CCN(CC(=O)NC(N)=O)CC1. The highest BCUT2D eigenvalue weighted by atomic mass is 16.2. The highest BCUT2D eigenvalue weighted by molar-refractivity contribution is 5.94. The summed E-state index contributed by atoms with van der Waals surface area (Å²) in [5.41, 5.74) is 4.89. The van der Waals surface area contributed by atoms with Gasteiger partial charge in [-0.15, -0.1) is 0 Å². The molecule has 0 saturated carbocycles. The Labute approximate surface area is 108 Å². The van der Waals surface area contributed by atoms with Crippen LogP contribution in [0.1, 0.15) is 26.2 Å². The van der Waals surface area contributed by atoms with Crippen LogP contribution in [0.5, 0.6) is 0 Å². The molecule has 0 aromatic carbocycles. The molecule has 1 heterocycles. The van der Waals surface area contributed by atoms with Crippen LogP contribution in [-0.2, 0) is 4.79 Å². The van der Waals surface area contributed by atoms with Crippen molar-refractivity contribution in [1.29, 1.82) is 0 Å². The Bertz CT molecular complexity index is 275. The van der Waals surface area contributed by atoms with Gasteiger partial charge in [0.05, 0.1) is 6.54 Å². The third-order valence-corrected chi connectivity index (χ3v) is 3.20. The highest BCUT2D eigenvalue weighted by Crippen LogP contribution is 2.15. The zero-order chi connectivity index (χ0) is 13.4. The van der Waals surface area contributed by atoms with E-state index < -0.39 is 6.03 Å². The predicted molar refractivity (Wildman–Crippen MR) is 70.1 cm³/mol. The lowest BCUT2D eigenvalue weighted by atomic mass is 9.97. The Morgan fingerprint density at radius 1 is 1.33 bits per heavy atom. The topological polar surface area (TPSA) is 87.5 Å². The Morgan fingerprint density at radius 2 is 2.00 bits per heavy atom. The lowest BCUT2D eigenvalue weighted by molar-refractivity contribution is -0.121. The average Bonchev–Trinajstić information content (AvgIpc) is 2.30. The van der Waals surface area contributed by atoms with Gasteiger partial charge in [-0.25, -0.2) is 4.79 Å². The maximum Gasteiger partial charge on any atom is 0.318 e. The number of nitrogens with zero attached hydrogens (tertiary/aromatic N) is 1. The number of imide groups is 1. The number of nitrogens with one attached hydrogen (secondary N) is 2. The van der Waals surface area contributed by atoms with E-state index >= 15 is 0 Å². The van der Waals surface area contributed by atoms with Gasteiger partial charge in [0.2, 0.25) is 5.91 Å². The molecule has 0 atom stereocenters. The number of amides is 3. The van der Waals surface area contributed by atoms with E-state index in [4.69, 9.17) is 5.73 Å². The molecule has 18 heavy (non-hydrogen) atoms. The monoisotopic (exact) mass is 256 g/mol. The summed E-state index contributed by atoms with van der Waals surface area (Å²) in [7, 11) is 0. The Balaban J connectivity index is 2.15. The number of piperidine rings is 1. The highest BCUT2D eigenvalue weighted by Gasteiger charge is 2.20. The molecule has 104 valence electrons. The number of nitrogens with two attached hydrogens (primary N) is 1. The molecule has 0 radical (unpaired) electrons. The van der Waals surface area contributed by atoms with E-state index in [1.807, 2.05) is 0 Å². The maximum atomic E-state index is 11.3. The van der Waals surface area contributed by atoms with Gasteiger partial charge in [0, 0.05) is 0 Å². The van der Waals surface area contributed by atoms with Crippen LogP contribution in [0.15, 0.2) is 0 Å². The molecule has 1 aliphatic rings. The smallest absolute Gasteiger partial charge is 0.318 e. The normalized spacial score (nSPS) is 17.6. The Morgan fingerprint density at radius 3 is 2.56 bits per heavy atom. The van der Waals surface area contributed by atoms with Gasteiger partial charge in [-0.05, 0) is 51.4 Å². The molecule has 0 aliphatic carbocycles. The fraction of sp³-hybridized carbons (Fsp3) is 0.833. The minimum Gasteiger partial charge on any atom is -0.351 e. The number of hydrogen-bond donors (Lipinski definition) is 3. The van der Waals surface area contributed by atoms with Gasteiger partial charge in [0.1, 0.15) is 0 Å². The third kappa shape index (κ3) is 5.97. The predicted octanol–water partition coefficient (Wildman–Crippen LogP) is -0.107. The Hall–Kier alpha value is -1.14. The second kappa shape index (κ2) is 8.05. The molecule has 0 aromatic heterocycles. The molecule has 1 rings (SSSR count). The lowest BCUT2D eigenvalue weighted by Crippen LogP contribution is -2.45. The van der Waals surface area contributed by atoms with Gasteiger partial charge in [0.15, 0.2) is 0 Å². The molecule has 3 amide bonds. The van der Waals surface area contributed by atoms with Crippen molar-refractivity contribution in [3.63, 3.8) is 0 Å². The molecule has 1 fully saturated rings.